The Hall–Kier alpha value is -2.17. The van der Waals surface area contributed by atoms with Crippen LogP contribution in [0.4, 0.5) is 4.39 Å². The largest absolute Gasteiger partial charge is 0.347 e. The van der Waals surface area contributed by atoms with Crippen molar-refractivity contribution in [1.29, 1.82) is 0 Å². The molecule has 0 radical (unpaired) electrons. The van der Waals surface area contributed by atoms with Crippen LogP contribution in [0, 0.1) is 5.82 Å². The Morgan fingerprint density at radius 2 is 2.05 bits per heavy atom. The van der Waals surface area contributed by atoms with Gasteiger partial charge in [0.2, 0.25) is 0 Å². The second kappa shape index (κ2) is 4.69. The molecule has 0 spiro atoms. The number of hydrogen-bond acceptors (Lipinski definition) is 2. The van der Waals surface area contributed by atoms with Gasteiger partial charge in [-0.05, 0) is 43.0 Å². The fourth-order valence-electron chi connectivity index (χ4n) is 2.73. The van der Waals surface area contributed by atoms with Crippen molar-refractivity contribution >= 4 is 5.91 Å². The first-order valence-corrected chi connectivity index (χ1v) is 7.32. The number of aromatic nitrogens is 2. The molecule has 1 heterocycles. The number of benzene rings is 1. The number of carbonyl (C=O) groups excluding carboxylic acids is 1. The van der Waals surface area contributed by atoms with Gasteiger partial charge in [-0.1, -0.05) is 12.1 Å². The van der Waals surface area contributed by atoms with Crippen molar-refractivity contribution in [3.63, 3.8) is 0 Å². The van der Waals surface area contributed by atoms with Crippen molar-refractivity contribution in [2.45, 2.75) is 37.1 Å². The molecule has 1 amide bonds. The van der Waals surface area contributed by atoms with E-state index in [9.17, 15) is 9.18 Å². The molecule has 2 aliphatic carbocycles. The minimum Gasteiger partial charge on any atom is -0.347 e. The fourth-order valence-corrected chi connectivity index (χ4v) is 2.73. The van der Waals surface area contributed by atoms with Crippen LogP contribution in [0.5, 0.6) is 0 Å². The number of H-pyrrole nitrogens is 1. The van der Waals surface area contributed by atoms with Crippen LogP contribution < -0.4 is 5.32 Å². The summed E-state index contributed by atoms with van der Waals surface area (Å²) in [6.45, 7) is 0. The zero-order chi connectivity index (χ0) is 14.4. The van der Waals surface area contributed by atoms with Gasteiger partial charge in [-0.2, -0.15) is 5.10 Å². The Kier molecular flexibility index (Phi) is 2.80. The number of aromatic amines is 1. The zero-order valence-electron chi connectivity index (χ0n) is 11.5. The number of carbonyl (C=O) groups is 1. The van der Waals surface area contributed by atoms with E-state index in [1.165, 1.54) is 25.0 Å². The molecular weight excluding hydrogens is 269 g/mol. The van der Waals surface area contributed by atoms with Gasteiger partial charge in [0.15, 0.2) is 0 Å². The molecule has 1 aromatic heterocycles. The molecule has 2 saturated carbocycles. The molecular formula is C16H16FN3O. The number of rotatable bonds is 4. The van der Waals surface area contributed by atoms with E-state index in [0.29, 0.717) is 11.6 Å². The lowest BCUT2D eigenvalue weighted by molar-refractivity contribution is 0.0945. The Labute approximate surface area is 121 Å². The molecule has 0 aliphatic heterocycles. The van der Waals surface area contributed by atoms with Gasteiger partial charge >= 0.3 is 0 Å². The van der Waals surface area contributed by atoms with Crippen LogP contribution in [0.2, 0.25) is 0 Å². The van der Waals surface area contributed by atoms with Gasteiger partial charge in [0, 0.05) is 23.6 Å². The summed E-state index contributed by atoms with van der Waals surface area (Å²) >= 11 is 0. The molecule has 0 saturated heterocycles. The average Bonchev–Trinajstić information content (AvgIpc) is 3.40. The van der Waals surface area contributed by atoms with Crippen molar-refractivity contribution in [2.24, 2.45) is 0 Å². The molecule has 2 N–H and O–H groups in total. The number of nitrogens with one attached hydrogen (secondary N) is 2. The number of nitrogens with zero attached hydrogens (tertiary/aromatic N) is 1. The van der Waals surface area contributed by atoms with Crippen LogP contribution in [-0.4, -0.2) is 22.1 Å². The lowest BCUT2D eigenvalue weighted by Crippen LogP contribution is -2.26. The Bertz CT molecular complexity index is 675. The second-order valence-electron chi connectivity index (χ2n) is 5.96. The Morgan fingerprint density at radius 3 is 2.76 bits per heavy atom. The lowest BCUT2D eigenvalue weighted by Gasteiger charge is -2.02. The molecule has 2 fully saturated rings. The number of hydrogen-bond donors (Lipinski definition) is 2. The van der Waals surface area contributed by atoms with Gasteiger partial charge < -0.3 is 5.32 Å². The van der Waals surface area contributed by atoms with Gasteiger partial charge in [0.25, 0.3) is 5.91 Å². The molecule has 0 unspecified atom stereocenters. The number of amides is 1. The fraction of sp³-hybridized carbons (Fsp3) is 0.375. The summed E-state index contributed by atoms with van der Waals surface area (Å²) in [5.41, 5.74) is 2.59. The summed E-state index contributed by atoms with van der Waals surface area (Å²) in [5.74, 6) is 0.486. The van der Waals surface area contributed by atoms with Crippen molar-refractivity contribution in [3.05, 3.63) is 53.1 Å². The quantitative estimate of drug-likeness (QED) is 0.907. The van der Waals surface area contributed by atoms with E-state index < -0.39 is 0 Å². The van der Waals surface area contributed by atoms with Crippen LogP contribution >= 0.6 is 0 Å². The predicted molar refractivity (Wildman–Crippen MR) is 75.6 cm³/mol. The predicted octanol–water partition coefficient (Wildman–Crippen LogP) is 2.71. The topological polar surface area (TPSA) is 57.8 Å². The second-order valence-corrected chi connectivity index (χ2v) is 5.96. The standard InChI is InChI=1S/C16H16FN3O/c17-11-5-3-9(4-6-11)12-7-14(12)18-16(21)15-8-13(19-20-15)10-1-2-10/h3-6,8,10,12,14H,1-2,7H2,(H,18,21)(H,19,20)/t12-,14+/m1/s1. The Morgan fingerprint density at radius 1 is 1.29 bits per heavy atom. The SMILES string of the molecule is O=C(N[C@H]1C[C@@H]1c1ccc(F)cc1)c1cc(C2CC2)[nH]n1. The normalized spacial score (nSPS) is 23.9. The molecule has 108 valence electrons. The first kappa shape index (κ1) is 12.6. The summed E-state index contributed by atoms with van der Waals surface area (Å²) in [6, 6.07) is 8.47. The highest BCUT2D eigenvalue weighted by Gasteiger charge is 2.40. The molecule has 5 heteroatoms. The first-order valence-electron chi connectivity index (χ1n) is 7.32. The number of halogens is 1. The lowest BCUT2D eigenvalue weighted by atomic mass is 10.1. The Balaban J connectivity index is 1.38. The summed E-state index contributed by atoms with van der Waals surface area (Å²) in [6.07, 6.45) is 3.26. The highest BCUT2D eigenvalue weighted by Crippen LogP contribution is 2.41. The monoisotopic (exact) mass is 285 g/mol. The van der Waals surface area contributed by atoms with E-state index in [1.807, 2.05) is 6.07 Å². The molecule has 21 heavy (non-hydrogen) atoms. The third-order valence-corrected chi connectivity index (χ3v) is 4.25. The van der Waals surface area contributed by atoms with Crippen LogP contribution in [0.3, 0.4) is 0 Å². The average molecular weight is 285 g/mol. The van der Waals surface area contributed by atoms with E-state index in [0.717, 1.165) is 17.7 Å². The smallest absolute Gasteiger partial charge is 0.272 e. The van der Waals surface area contributed by atoms with E-state index in [1.54, 1.807) is 12.1 Å². The van der Waals surface area contributed by atoms with Crippen molar-refractivity contribution < 1.29 is 9.18 Å². The molecule has 0 bridgehead atoms. The third-order valence-electron chi connectivity index (χ3n) is 4.25. The zero-order valence-corrected chi connectivity index (χ0v) is 11.5. The maximum atomic E-state index is 12.9. The summed E-state index contributed by atoms with van der Waals surface area (Å²) in [4.78, 5) is 12.1. The van der Waals surface area contributed by atoms with Gasteiger partial charge in [-0.25, -0.2) is 4.39 Å². The first-order chi connectivity index (χ1) is 10.2. The van der Waals surface area contributed by atoms with E-state index >= 15 is 0 Å². The molecule has 2 atom stereocenters. The molecule has 4 rings (SSSR count). The van der Waals surface area contributed by atoms with Gasteiger partial charge in [0.1, 0.15) is 11.5 Å². The van der Waals surface area contributed by atoms with E-state index in [-0.39, 0.29) is 23.7 Å². The van der Waals surface area contributed by atoms with Gasteiger partial charge in [-0.3, -0.25) is 9.89 Å². The highest BCUT2D eigenvalue weighted by atomic mass is 19.1. The van der Waals surface area contributed by atoms with Gasteiger partial charge in [0.05, 0.1) is 0 Å². The maximum absolute atomic E-state index is 12.9. The molecule has 2 aromatic rings. The van der Waals surface area contributed by atoms with Crippen LogP contribution in [0.15, 0.2) is 30.3 Å². The molecule has 4 nitrogen and oxygen atoms in total. The summed E-state index contributed by atoms with van der Waals surface area (Å²) in [7, 11) is 0. The minimum atomic E-state index is -0.232. The summed E-state index contributed by atoms with van der Waals surface area (Å²) < 4.78 is 12.9. The highest BCUT2D eigenvalue weighted by molar-refractivity contribution is 5.92. The van der Waals surface area contributed by atoms with Crippen LogP contribution in [-0.2, 0) is 0 Å². The van der Waals surface area contributed by atoms with Gasteiger partial charge in [-0.15, -0.1) is 0 Å². The van der Waals surface area contributed by atoms with Crippen LogP contribution in [0.25, 0.3) is 0 Å². The van der Waals surface area contributed by atoms with E-state index in [4.69, 9.17) is 0 Å². The third kappa shape index (κ3) is 2.55. The van der Waals surface area contributed by atoms with Crippen molar-refractivity contribution in [1.82, 2.24) is 15.5 Å². The van der Waals surface area contributed by atoms with Crippen molar-refractivity contribution in [2.75, 3.05) is 0 Å². The maximum Gasteiger partial charge on any atom is 0.272 e. The summed E-state index contributed by atoms with van der Waals surface area (Å²) in [5, 5.41) is 10.0. The van der Waals surface area contributed by atoms with Crippen molar-refractivity contribution in [3.8, 4) is 0 Å². The molecule has 2 aliphatic rings. The van der Waals surface area contributed by atoms with E-state index in [2.05, 4.69) is 15.5 Å². The minimum absolute atomic E-state index is 0.129. The van der Waals surface area contributed by atoms with Crippen LogP contribution in [0.1, 0.15) is 52.8 Å². The molecule has 1 aromatic carbocycles.